The van der Waals surface area contributed by atoms with Crippen LogP contribution in [0.5, 0.6) is 0 Å². The van der Waals surface area contributed by atoms with Crippen molar-refractivity contribution in [3.8, 4) is 0 Å². The molecule has 4 rings (SSSR count). The molecule has 0 bridgehead atoms. The third-order valence-electron chi connectivity index (χ3n) is 5.55. The number of benzene rings is 3. The van der Waals surface area contributed by atoms with Crippen molar-refractivity contribution in [3.63, 3.8) is 0 Å². The van der Waals surface area contributed by atoms with Crippen molar-refractivity contribution in [1.82, 2.24) is 9.21 Å². The van der Waals surface area contributed by atoms with Gasteiger partial charge in [-0.05, 0) is 48.0 Å². The summed E-state index contributed by atoms with van der Waals surface area (Å²) in [6, 6.07) is 20.5. The first kappa shape index (κ1) is 23.4. The maximum atomic E-state index is 13.2. The van der Waals surface area contributed by atoms with E-state index in [1.165, 1.54) is 40.7 Å². The Bertz CT molecular complexity index is 1220. The molecule has 1 unspecified atom stereocenters. The van der Waals surface area contributed by atoms with Gasteiger partial charge in [-0.1, -0.05) is 48.0 Å². The van der Waals surface area contributed by atoms with Crippen LogP contribution in [0, 0.1) is 5.82 Å². The molecule has 0 aliphatic carbocycles. The Morgan fingerprint density at radius 1 is 0.909 bits per heavy atom. The third kappa shape index (κ3) is 5.42. The van der Waals surface area contributed by atoms with E-state index in [9.17, 15) is 17.6 Å². The molecular weight excluding hydrogens is 465 g/mol. The maximum Gasteiger partial charge on any atom is 0.246 e. The first-order chi connectivity index (χ1) is 15.8. The van der Waals surface area contributed by atoms with E-state index in [2.05, 4.69) is 5.32 Å². The number of halogens is 2. The molecule has 1 heterocycles. The van der Waals surface area contributed by atoms with Gasteiger partial charge in [0.25, 0.3) is 0 Å². The molecule has 33 heavy (non-hydrogen) atoms. The lowest BCUT2D eigenvalue weighted by Crippen LogP contribution is -2.51. The Hall–Kier alpha value is -2.78. The molecule has 1 amide bonds. The number of carbonyl (C=O) groups is 1. The molecule has 0 saturated carbocycles. The molecule has 172 valence electrons. The number of hydrogen-bond acceptors (Lipinski definition) is 4. The van der Waals surface area contributed by atoms with Crippen LogP contribution in [0.4, 0.5) is 10.1 Å². The number of piperazine rings is 1. The SMILES string of the molecule is O=C(Nc1ccc(F)cc1)C(c1ccccc1)N1CCN(S(=O)(=O)c2cccc(Cl)c2)CC1. The largest absolute Gasteiger partial charge is 0.324 e. The van der Waals surface area contributed by atoms with Crippen LogP contribution in [-0.4, -0.2) is 49.7 Å². The van der Waals surface area contributed by atoms with Gasteiger partial charge in [0.15, 0.2) is 0 Å². The quantitative estimate of drug-likeness (QED) is 0.566. The lowest BCUT2D eigenvalue weighted by molar-refractivity contribution is -0.122. The van der Waals surface area contributed by atoms with Gasteiger partial charge in [0.1, 0.15) is 11.9 Å². The second-order valence-corrected chi connectivity index (χ2v) is 10.1. The topological polar surface area (TPSA) is 69.7 Å². The van der Waals surface area contributed by atoms with Gasteiger partial charge in [-0.25, -0.2) is 12.8 Å². The number of anilines is 1. The number of hydrogen-bond donors (Lipinski definition) is 1. The average Bonchev–Trinajstić information content (AvgIpc) is 2.82. The average molecular weight is 488 g/mol. The lowest BCUT2D eigenvalue weighted by atomic mass is 10.0. The summed E-state index contributed by atoms with van der Waals surface area (Å²) < 4.78 is 40.7. The maximum absolute atomic E-state index is 13.2. The lowest BCUT2D eigenvalue weighted by Gasteiger charge is -2.38. The van der Waals surface area contributed by atoms with Crippen molar-refractivity contribution in [2.24, 2.45) is 0 Å². The molecule has 1 fully saturated rings. The van der Waals surface area contributed by atoms with Crippen molar-refractivity contribution >= 4 is 33.2 Å². The summed E-state index contributed by atoms with van der Waals surface area (Å²) in [6.07, 6.45) is 0. The highest BCUT2D eigenvalue weighted by Gasteiger charge is 2.34. The minimum atomic E-state index is -3.69. The second kappa shape index (κ2) is 10.0. The minimum Gasteiger partial charge on any atom is -0.324 e. The summed E-state index contributed by atoms with van der Waals surface area (Å²) in [4.78, 5) is 15.3. The number of nitrogens with one attached hydrogen (secondary N) is 1. The van der Waals surface area contributed by atoms with Crippen molar-refractivity contribution < 1.29 is 17.6 Å². The molecule has 3 aromatic rings. The van der Waals surface area contributed by atoms with Gasteiger partial charge >= 0.3 is 0 Å². The summed E-state index contributed by atoms with van der Waals surface area (Å²) in [5.74, 6) is -0.649. The van der Waals surface area contributed by atoms with Gasteiger partial charge in [-0.3, -0.25) is 9.69 Å². The number of nitrogens with zero attached hydrogens (tertiary/aromatic N) is 2. The fraction of sp³-hybridized carbons (Fsp3) is 0.208. The molecule has 9 heteroatoms. The Morgan fingerprint density at radius 2 is 1.58 bits per heavy atom. The molecule has 3 aromatic carbocycles. The first-order valence-corrected chi connectivity index (χ1v) is 12.3. The third-order valence-corrected chi connectivity index (χ3v) is 7.68. The van der Waals surface area contributed by atoms with Crippen LogP contribution in [0.2, 0.25) is 5.02 Å². The minimum absolute atomic E-state index is 0.150. The Kier molecular flexibility index (Phi) is 7.09. The predicted octanol–water partition coefficient (Wildman–Crippen LogP) is 4.17. The number of sulfonamides is 1. The van der Waals surface area contributed by atoms with Crippen LogP contribution in [0.3, 0.4) is 0 Å². The van der Waals surface area contributed by atoms with Gasteiger partial charge in [-0.2, -0.15) is 4.31 Å². The van der Waals surface area contributed by atoms with Gasteiger partial charge in [-0.15, -0.1) is 0 Å². The van der Waals surface area contributed by atoms with Gasteiger partial charge < -0.3 is 5.32 Å². The molecule has 6 nitrogen and oxygen atoms in total. The van der Waals surface area contributed by atoms with Crippen molar-refractivity contribution in [3.05, 3.63) is 95.3 Å². The zero-order valence-corrected chi connectivity index (χ0v) is 19.3. The molecule has 1 N–H and O–H groups in total. The number of amides is 1. The zero-order valence-electron chi connectivity index (χ0n) is 17.7. The molecular formula is C24H23ClFN3O3S. The molecule has 1 atom stereocenters. The highest BCUT2D eigenvalue weighted by molar-refractivity contribution is 7.89. The van der Waals surface area contributed by atoms with E-state index in [0.29, 0.717) is 23.8 Å². The van der Waals surface area contributed by atoms with E-state index in [1.807, 2.05) is 35.2 Å². The van der Waals surface area contributed by atoms with Crippen molar-refractivity contribution in [2.75, 3.05) is 31.5 Å². The smallest absolute Gasteiger partial charge is 0.246 e. The van der Waals surface area contributed by atoms with E-state index in [1.54, 1.807) is 12.1 Å². The summed E-state index contributed by atoms with van der Waals surface area (Å²) in [5, 5.41) is 3.20. The molecule has 0 spiro atoms. The Labute approximate surface area is 197 Å². The van der Waals surface area contributed by atoms with Crippen LogP contribution in [0.15, 0.2) is 83.8 Å². The van der Waals surface area contributed by atoms with E-state index >= 15 is 0 Å². The zero-order chi connectivity index (χ0) is 23.4. The van der Waals surface area contributed by atoms with E-state index in [-0.39, 0.29) is 29.7 Å². The van der Waals surface area contributed by atoms with Crippen molar-refractivity contribution in [1.29, 1.82) is 0 Å². The highest BCUT2D eigenvalue weighted by Crippen LogP contribution is 2.27. The summed E-state index contributed by atoms with van der Waals surface area (Å²) >= 11 is 5.98. The van der Waals surface area contributed by atoms with Crippen LogP contribution in [0.1, 0.15) is 11.6 Å². The van der Waals surface area contributed by atoms with Gasteiger partial charge in [0.2, 0.25) is 15.9 Å². The van der Waals surface area contributed by atoms with Gasteiger partial charge in [0, 0.05) is 36.9 Å². The number of carbonyl (C=O) groups excluding carboxylic acids is 1. The van der Waals surface area contributed by atoms with E-state index < -0.39 is 16.1 Å². The van der Waals surface area contributed by atoms with Crippen LogP contribution < -0.4 is 5.32 Å². The second-order valence-electron chi connectivity index (χ2n) is 7.71. The van der Waals surface area contributed by atoms with Gasteiger partial charge in [0.05, 0.1) is 4.90 Å². The normalized spacial score (nSPS) is 16.3. The summed E-state index contributed by atoms with van der Waals surface area (Å²) in [6.45, 7) is 1.22. The predicted molar refractivity (Wildman–Crippen MR) is 126 cm³/mol. The standard InChI is InChI=1S/C24H23ClFN3O3S/c25-19-7-4-8-22(17-19)33(31,32)29-15-13-28(14-16-29)23(18-5-2-1-3-6-18)24(30)27-21-11-9-20(26)10-12-21/h1-12,17,23H,13-16H2,(H,27,30). The Balaban J connectivity index is 1.52. The van der Waals surface area contributed by atoms with E-state index in [0.717, 1.165) is 5.56 Å². The molecule has 1 aliphatic rings. The first-order valence-electron chi connectivity index (χ1n) is 10.5. The Morgan fingerprint density at radius 3 is 2.21 bits per heavy atom. The van der Waals surface area contributed by atoms with Crippen molar-refractivity contribution in [2.45, 2.75) is 10.9 Å². The fourth-order valence-electron chi connectivity index (χ4n) is 3.89. The molecule has 0 aromatic heterocycles. The fourth-order valence-corrected chi connectivity index (χ4v) is 5.61. The molecule has 1 aliphatic heterocycles. The highest BCUT2D eigenvalue weighted by atomic mass is 35.5. The monoisotopic (exact) mass is 487 g/mol. The summed E-state index contributed by atoms with van der Waals surface area (Å²) in [5.41, 5.74) is 1.28. The number of rotatable bonds is 6. The van der Waals surface area contributed by atoms with Crippen LogP contribution in [0.25, 0.3) is 0 Å². The van der Waals surface area contributed by atoms with E-state index in [4.69, 9.17) is 11.6 Å². The summed E-state index contributed by atoms with van der Waals surface area (Å²) in [7, 11) is -3.69. The van der Waals surface area contributed by atoms with Crippen LogP contribution >= 0.6 is 11.6 Å². The molecule has 1 saturated heterocycles. The molecule has 0 radical (unpaired) electrons. The van der Waals surface area contributed by atoms with Crippen LogP contribution in [-0.2, 0) is 14.8 Å².